The molecule has 1 fully saturated rings. The zero-order valence-corrected chi connectivity index (χ0v) is 14.4. The van der Waals surface area contributed by atoms with Crippen molar-refractivity contribution in [3.8, 4) is 12.1 Å². The maximum absolute atomic E-state index is 12.7. The molecule has 2 aromatic rings. The van der Waals surface area contributed by atoms with Gasteiger partial charge in [-0.3, -0.25) is 4.79 Å². The number of Topliss-reactive ketones (excluding diaryl/α,β-unsaturated/α-hetero) is 1. The lowest BCUT2D eigenvalue weighted by atomic mass is 9.70. The lowest BCUT2D eigenvalue weighted by Gasteiger charge is -2.35. The molecule has 0 spiro atoms. The molecule has 4 rings (SSSR count). The highest BCUT2D eigenvalue weighted by atomic mass is 32.1. The largest absolute Gasteiger partial charge is 0.351 e. The summed E-state index contributed by atoms with van der Waals surface area (Å²) in [6, 6.07) is 13.3. The molecule has 1 aromatic carbocycles. The third kappa shape index (κ3) is 2.00. The van der Waals surface area contributed by atoms with Crippen LogP contribution in [0.2, 0.25) is 0 Å². The number of nitriles is 2. The fourth-order valence-corrected chi connectivity index (χ4v) is 4.91. The second-order valence-electron chi connectivity index (χ2n) is 6.45. The molecule has 0 unspecified atom stereocenters. The molecule has 1 saturated heterocycles. The average Bonchev–Trinajstić information content (AvgIpc) is 3.25. The van der Waals surface area contributed by atoms with Gasteiger partial charge >= 0.3 is 0 Å². The van der Waals surface area contributed by atoms with Crippen molar-refractivity contribution in [2.45, 2.75) is 24.9 Å². The number of para-hydroxylation sites is 1. The normalized spacial score (nSPS) is 25.6. The van der Waals surface area contributed by atoms with Gasteiger partial charge in [0.05, 0.1) is 24.2 Å². The van der Waals surface area contributed by atoms with Crippen LogP contribution in [0.15, 0.2) is 47.2 Å². The van der Waals surface area contributed by atoms with E-state index in [4.69, 9.17) is 0 Å². The van der Waals surface area contributed by atoms with Crippen molar-refractivity contribution in [2.24, 2.45) is 5.41 Å². The number of hydrogen-bond acceptors (Lipinski definition) is 5. The third-order valence-electron chi connectivity index (χ3n) is 5.23. The van der Waals surface area contributed by atoms with Crippen LogP contribution in [0.4, 0.5) is 5.69 Å². The van der Waals surface area contributed by atoms with Gasteiger partial charge in [0.1, 0.15) is 0 Å². The van der Waals surface area contributed by atoms with Crippen LogP contribution in [0.5, 0.6) is 0 Å². The smallest absolute Gasteiger partial charge is 0.176 e. The van der Waals surface area contributed by atoms with Crippen molar-refractivity contribution in [1.29, 1.82) is 10.5 Å². The summed E-state index contributed by atoms with van der Waals surface area (Å²) in [5.41, 5.74) is 1.48. The summed E-state index contributed by atoms with van der Waals surface area (Å²) in [5.74, 6) is -0.509. The summed E-state index contributed by atoms with van der Waals surface area (Å²) in [5, 5.41) is 23.9. The molecule has 2 aliphatic heterocycles. The summed E-state index contributed by atoms with van der Waals surface area (Å²) in [7, 11) is 0. The van der Waals surface area contributed by atoms with E-state index < -0.39 is 23.4 Å². The van der Waals surface area contributed by atoms with Crippen LogP contribution in [0.1, 0.15) is 24.0 Å². The summed E-state index contributed by atoms with van der Waals surface area (Å²) in [6.07, 6.45) is 3.85. The molecule has 25 heavy (non-hydrogen) atoms. The highest BCUT2D eigenvalue weighted by molar-refractivity contribution is 7.08. The molecule has 0 amide bonds. The summed E-state index contributed by atoms with van der Waals surface area (Å²) in [4.78, 5) is 14.6. The van der Waals surface area contributed by atoms with Gasteiger partial charge < -0.3 is 4.90 Å². The number of carbonyl (C=O) groups is 1. The fourth-order valence-electron chi connectivity index (χ4n) is 4.21. The zero-order chi connectivity index (χ0) is 17.6. The number of rotatable bonds is 2. The van der Waals surface area contributed by atoms with Gasteiger partial charge in [-0.1, -0.05) is 30.4 Å². The Hall–Kier alpha value is -2.89. The van der Waals surface area contributed by atoms with Crippen LogP contribution >= 0.6 is 11.3 Å². The van der Waals surface area contributed by atoms with Crippen LogP contribution in [0.25, 0.3) is 6.08 Å². The molecule has 5 heteroatoms. The predicted octanol–water partition coefficient (Wildman–Crippen LogP) is 3.74. The molecule has 2 aliphatic rings. The topological polar surface area (TPSA) is 67.9 Å². The zero-order valence-electron chi connectivity index (χ0n) is 13.6. The summed E-state index contributed by atoms with van der Waals surface area (Å²) < 4.78 is 0. The Morgan fingerprint density at radius 3 is 2.64 bits per heavy atom. The fraction of sp³-hybridized carbons (Fsp3) is 0.250. The van der Waals surface area contributed by atoms with Crippen molar-refractivity contribution in [1.82, 2.24) is 0 Å². The van der Waals surface area contributed by atoms with E-state index in [1.165, 1.54) is 11.3 Å². The summed E-state index contributed by atoms with van der Waals surface area (Å²) >= 11 is 1.51. The van der Waals surface area contributed by atoms with E-state index in [-0.39, 0.29) is 5.78 Å². The van der Waals surface area contributed by atoms with E-state index >= 15 is 0 Å². The van der Waals surface area contributed by atoms with Gasteiger partial charge in [-0.05, 0) is 40.9 Å². The lowest BCUT2D eigenvalue weighted by molar-refractivity contribution is -0.118. The van der Waals surface area contributed by atoms with Crippen LogP contribution < -0.4 is 4.90 Å². The second kappa shape index (κ2) is 5.58. The van der Waals surface area contributed by atoms with Crippen molar-refractivity contribution in [3.05, 3.63) is 58.3 Å². The van der Waals surface area contributed by atoms with Gasteiger partial charge in [0, 0.05) is 11.6 Å². The first-order valence-corrected chi connectivity index (χ1v) is 8.99. The van der Waals surface area contributed by atoms with Crippen LogP contribution in [0.3, 0.4) is 0 Å². The standard InChI is InChI=1S/C20H15N3OS/c1-13(24)19-18(15-8-9-25-10-15)20(11-21,12-22)17-7-6-14-4-2-3-5-16(14)23(17)19/h2-10,17-19H,1H3/t17-,18+,19+/m1/s1. The molecular weight excluding hydrogens is 330 g/mol. The molecule has 122 valence electrons. The van der Waals surface area contributed by atoms with Crippen LogP contribution in [-0.2, 0) is 4.79 Å². The predicted molar refractivity (Wildman–Crippen MR) is 96.9 cm³/mol. The maximum atomic E-state index is 12.7. The molecule has 3 heterocycles. The first-order chi connectivity index (χ1) is 12.1. The number of anilines is 1. The van der Waals surface area contributed by atoms with Crippen molar-refractivity contribution in [2.75, 3.05) is 4.90 Å². The lowest BCUT2D eigenvalue weighted by Crippen LogP contribution is -2.43. The Morgan fingerprint density at radius 1 is 1.24 bits per heavy atom. The van der Waals surface area contributed by atoms with Gasteiger partial charge in [-0.2, -0.15) is 21.9 Å². The highest BCUT2D eigenvalue weighted by Crippen LogP contribution is 2.55. The van der Waals surface area contributed by atoms with Crippen LogP contribution in [-0.4, -0.2) is 17.9 Å². The number of hydrogen-bond donors (Lipinski definition) is 0. The number of fused-ring (bicyclic) bond motifs is 3. The van der Waals surface area contributed by atoms with E-state index in [1.54, 1.807) is 6.92 Å². The number of carbonyl (C=O) groups excluding carboxylic acids is 1. The van der Waals surface area contributed by atoms with Gasteiger partial charge in [0.2, 0.25) is 0 Å². The molecule has 3 atom stereocenters. The van der Waals surface area contributed by atoms with Crippen molar-refractivity contribution < 1.29 is 4.79 Å². The van der Waals surface area contributed by atoms with Crippen molar-refractivity contribution >= 4 is 28.9 Å². The SMILES string of the molecule is CC(=O)[C@H]1[C@H](c2ccsc2)C(C#N)(C#N)[C@H]2C=Cc3ccccc3N12. The molecule has 1 aromatic heterocycles. The Bertz CT molecular complexity index is 934. The number of nitrogens with zero attached hydrogens (tertiary/aromatic N) is 3. The average molecular weight is 345 g/mol. The van der Waals surface area contributed by atoms with E-state index in [9.17, 15) is 15.3 Å². The minimum Gasteiger partial charge on any atom is -0.351 e. The molecule has 4 nitrogen and oxygen atoms in total. The van der Waals surface area contributed by atoms with Gasteiger partial charge in [-0.15, -0.1) is 0 Å². The maximum Gasteiger partial charge on any atom is 0.176 e. The minimum absolute atomic E-state index is 0.0290. The Kier molecular flexibility index (Phi) is 3.49. The molecule has 0 N–H and O–H groups in total. The van der Waals surface area contributed by atoms with E-state index in [0.717, 1.165) is 16.8 Å². The number of thiophene rings is 1. The quantitative estimate of drug-likeness (QED) is 0.831. The first-order valence-electron chi connectivity index (χ1n) is 8.04. The number of ketones is 1. The monoisotopic (exact) mass is 345 g/mol. The summed E-state index contributed by atoms with van der Waals surface area (Å²) in [6.45, 7) is 1.55. The molecule has 0 radical (unpaired) electrons. The third-order valence-corrected chi connectivity index (χ3v) is 5.94. The molecule has 0 aliphatic carbocycles. The van der Waals surface area contributed by atoms with E-state index in [2.05, 4.69) is 12.1 Å². The molecule has 0 bridgehead atoms. The van der Waals surface area contributed by atoms with Crippen molar-refractivity contribution in [3.63, 3.8) is 0 Å². The van der Waals surface area contributed by atoms with Gasteiger partial charge in [0.25, 0.3) is 0 Å². The van der Waals surface area contributed by atoms with E-state index in [0.29, 0.717) is 0 Å². The highest BCUT2D eigenvalue weighted by Gasteiger charge is 2.62. The molecular formula is C20H15N3OS. The van der Waals surface area contributed by atoms with E-state index in [1.807, 2.05) is 58.1 Å². The second-order valence-corrected chi connectivity index (χ2v) is 7.23. The van der Waals surface area contributed by atoms with Crippen LogP contribution in [0, 0.1) is 28.1 Å². The van der Waals surface area contributed by atoms with Gasteiger partial charge in [-0.25, -0.2) is 0 Å². The van der Waals surface area contributed by atoms with Gasteiger partial charge in [0.15, 0.2) is 11.2 Å². The minimum atomic E-state index is -1.30. The first kappa shape index (κ1) is 15.6. The Morgan fingerprint density at radius 2 is 2.00 bits per heavy atom. The molecule has 0 saturated carbocycles. The Labute approximate surface area is 150 Å². The Balaban J connectivity index is 2.01. The number of benzene rings is 1.